The molecule has 0 spiro atoms. The van der Waals surface area contributed by atoms with Crippen molar-refractivity contribution in [2.24, 2.45) is 0 Å². The summed E-state index contributed by atoms with van der Waals surface area (Å²) in [5, 5.41) is 9.88. The molecule has 3 saturated heterocycles. The molecule has 0 N–H and O–H groups in total. The minimum atomic E-state index is 0.546. The maximum atomic E-state index is 6.04. The number of nitrogens with zero attached hydrogens (tertiary/aromatic N) is 4. The first-order chi connectivity index (χ1) is 11.4. The van der Waals surface area contributed by atoms with Crippen LogP contribution in [0.4, 0.5) is 6.01 Å². The molecule has 23 heavy (non-hydrogen) atoms. The fourth-order valence-corrected chi connectivity index (χ4v) is 4.64. The Morgan fingerprint density at radius 2 is 1.91 bits per heavy atom. The van der Waals surface area contributed by atoms with E-state index in [-0.39, 0.29) is 0 Å². The van der Waals surface area contributed by atoms with Gasteiger partial charge in [0.15, 0.2) is 0 Å². The Morgan fingerprint density at radius 3 is 2.78 bits per heavy atom. The van der Waals surface area contributed by atoms with Crippen LogP contribution in [0.1, 0.15) is 12.8 Å². The number of hydrogen-bond donors (Lipinski definition) is 0. The number of anilines is 1. The predicted octanol–water partition coefficient (Wildman–Crippen LogP) is 3.24. The fourth-order valence-electron chi connectivity index (χ4n) is 3.66. The second kappa shape index (κ2) is 5.32. The number of hydrogen-bond acceptors (Lipinski definition) is 6. The molecular weight excluding hydrogens is 308 g/mol. The molecule has 118 valence electrons. The zero-order valence-electron chi connectivity index (χ0n) is 12.8. The van der Waals surface area contributed by atoms with Crippen LogP contribution in [0.2, 0.25) is 0 Å². The number of piperidine rings is 1. The summed E-state index contributed by atoms with van der Waals surface area (Å²) < 4.78 is 7.29. The lowest BCUT2D eigenvalue weighted by Crippen LogP contribution is -2.38. The van der Waals surface area contributed by atoms with Gasteiger partial charge in [0.25, 0.3) is 5.89 Å². The molecule has 0 saturated carbocycles. The standard InChI is InChI=1S/C17H18N4OS/c1-2-4-14-12(3-1)11-15(23-14)16-18-19-17(22-16)21-10-9-20-7-5-13(21)6-8-20/h1-4,11,13H,5-10H2. The lowest BCUT2D eigenvalue weighted by Gasteiger charge is -2.29. The second-order valence-electron chi connectivity index (χ2n) is 6.30. The van der Waals surface area contributed by atoms with Gasteiger partial charge in [0.05, 0.1) is 4.88 Å². The highest BCUT2D eigenvalue weighted by Crippen LogP contribution is 2.34. The highest BCUT2D eigenvalue weighted by Gasteiger charge is 2.32. The summed E-state index contributed by atoms with van der Waals surface area (Å²) in [5.74, 6) is 0.639. The van der Waals surface area contributed by atoms with E-state index in [1.54, 1.807) is 11.3 Å². The van der Waals surface area contributed by atoms with Gasteiger partial charge in [-0.2, -0.15) is 0 Å². The summed E-state index contributed by atoms with van der Waals surface area (Å²) in [5.41, 5.74) is 0. The molecule has 3 aliphatic heterocycles. The minimum Gasteiger partial charge on any atom is -0.402 e. The first-order valence-corrected chi connectivity index (χ1v) is 9.00. The molecule has 2 bridgehead atoms. The van der Waals surface area contributed by atoms with E-state index in [1.807, 2.05) is 0 Å². The van der Waals surface area contributed by atoms with E-state index < -0.39 is 0 Å². The lowest BCUT2D eigenvalue weighted by atomic mass is 10.1. The molecule has 0 unspecified atom stereocenters. The van der Waals surface area contributed by atoms with Crippen molar-refractivity contribution < 1.29 is 4.42 Å². The zero-order valence-corrected chi connectivity index (χ0v) is 13.6. The fraction of sp³-hybridized carbons (Fsp3) is 0.412. The zero-order chi connectivity index (χ0) is 15.2. The van der Waals surface area contributed by atoms with Gasteiger partial charge in [-0.1, -0.05) is 23.3 Å². The van der Waals surface area contributed by atoms with Gasteiger partial charge < -0.3 is 14.2 Å². The Kier molecular flexibility index (Phi) is 3.12. The van der Waals surface area contributed by atoms with Crippen molar-refractivity contribution in [3.8, 4) is 10.8 Å². The molecule has 0 amide bonds. The lowest BCUT2D eigenvalue weighted by molar-refractivity contribution is 0.249. The summed E-state index contributed by atoms with van der Waals surface area (Å²) >= 11 is 1.71. The van der Waals surface area contributed by atoms with Crippen LogP contribution in [0.5, 0.6) is 0 Å². The van der Waals surface area contributed by atoms with Gasteiger partial charge in [0.1, 0.15) is 0 Å². The Labute approximate surface area is 138 Å². The first kappa shape index (κ1) is 13.5. The van der Waals surface area contributed by atoms with Gasteiger partial charge in [-0.25, -0.2) is 0 Å². The molecular formula is C17H18N4OS. The molecule has 3 fully saturated rings. The number of benzene rings is 1. The van der Waals surface area contributed by atoms with Crippen molar-refractivity contribution in [2.75, 3.05) is 31.1 Å². The third-order valence-corrected chi connectivity index (χ3v) is 6.06. The van der Waals surface area contributed by atoms with Gasteiger partial charge >= 0.3 is 6.01 Å². The molecule has 1 aromatic carbocycles. The van der Waals surface area contributed by atoms with Crippen LogP contribution >= 0.6 is 11.3 Å². The van der Waals surface area contributed by atoms with E-state index >= 15 is 0 Å². The maximum Gasteiger partial charge on any atom is 0.318 e. The Morgan fingerprint density at radius 1 is 1.04 bits per heavy atom. The van der Waals surface area contributed by atoms with Crippen LogP contribution in [0, 0.1) is 0 Å². The summed E-state index contributed by atoms with van der Waals surface area (Å²) in [6.45, 7) is 4.47. The van der Waals surface area contributed by atoms with Gasteiger partial charge in [-0.05, 0) is 30.4 Å². The predicted molar refractivity (Wildman–Crippen MR) is 91.9 cm³/mol. The molecule has 6 rings (SSSR count). The maximum absolute atomic E-state index is 6.04. The van der Waals surface area contributed by atoms with Crippen molar-refractivity contribution >= 4 is 27.4 Å². The van der Waals surface area contributed by atoms with E-state index in [9.17, 15) is 0 Å². The van der Waals surface area contributed by atoms with Gasteiger partial charge in [-0.3, -0.25) is 0 Å². The van der Waals surface area contributed by atoms with Crippen molar-refractivity contribution in [3.63, 3.8) is 0 Å². The van der Waals surface area contributed by atoms with Crippen LogP contribution in [-0.4, -0.2) is 47.3 Å². The van der Waals surface area contributed by atoms with Crippen molar-refractivity contribution in [1.82, 2.24) is 15.1 Å². The summed E-state index contributed by atoms with van der Waals surface area (Å²) in [4.78, 5) is 5.89. The molecule has 6 heteroatoms. The van der Waals surface area contributed by atoms with E-state index in [4.69, 9.17) is 4.42 Å². The van der Waals surface area contributed by atoms with Crippen LogP contribution in [0.25, 0.3) is 20.9 Å². The number of fused-ring (bicyclic) bond motifs is 5. The van der Waals surface area contributed by atoms with Crippen LogP contribution in [-0.2, 0) is 0 Å². The minimum absolute atomic E-state index is 0.546. The quantitative estimate of drug-likeness (QED) is 0.723. The smallest absolute Gasteiger partial charge is 0.318 e. The Bertz CT molecular complexity index is 801. The third kappa shape index (κ3) is 2.33. The van der Waals surface area contributed by atoms with E-state index in [2.05, 4.69) is 50.3 Å². The first-order valence-electron chi connectivity index (χ1n) is 8.18. The number of rotatable bonds is 2. The van der Waals surface area contributed by atoms with Gasteiger partial charge in [0, 0.05) is 36.9 Å². The number of thiophene rings is 1. The van der Waals surface area contributed by atoms with Crippen LogP contribution in [0.3, 0.4) is 0 Å². The van der Waals surface area contributed by atoms with E-state index in [1.165, 1.54) is 36.0 Å². The molecule has 5 heterocycles. The highest BCUT2D eigenvalue weighted by molar-refractivity contribution is 7.22. The van der Waals surface area contributed by atoms with Crippen molar-refractivity contribution in [1.29, 1.82) is 0 Å². The van der Waals surface area contributed by atoms with Crippen molar-refractivity contribution in [2.45, 2.75) is 18.9 Å². The third-order valence-electron chi connectivity index (χ3n) is 4.95. The molecule has 0 atom stereocenters. The molecule has 3 aromatic rings. The summed E-state index contributed by atoms with van der Waals surface area (Å²) in [6, 6.07) is 11.7. The topological polar surface area (TPSA) is 45.4 Å². The normalized spacial score (nSPS) is 24.3. The summed E-state index contributed by atoms with van der Waals surface area (Å²) in [7, 11) is 0. The van der Waals surface area contributed by atoms with Gasteiger partial charge in [-0.15, -0.1) is 16.4 Å². The SMILES string of the molecule is c1ccc2sc(-c3nnc(N4CCN5CCC4CC5)o3)cc2c1. The van der Waals surface area contributed by atoms with E-state index in [0.717, 1.165) is 18.0 Å². The monoisotopic (exact) mass is 326 g/mol. The summed E-state index contributed by atoms with van der Waals surface area (Å²) in [6.07, 6.45) is 2.39. The molecule has 2 aromatic heterocycles. The Balaban J connectivity index is 1.47. The largest absolute Gasteiger partial charge is 0.402 e. The number of aromatic nitrogens is 2. The van der Waals surface area contributed by atoms with Crippen molar-refractivity contribution in [3.05, 3.63) is 30.3 Å². The Hall–Kier alpha value is -1.92. The molecule has 0 aliphatic carbocycles. The molecule has 5 nitrogen and oxygen atoms in total. The van der Waals surface area contributed by atoms with E-state index in [0.29, 0.717) is 17.9 Å². The molecule has 3 aliphatic rings. The van der Waals surface area contributed by atoms with Crippen LogP contribution in [0.15, 0.2) is 34.7 Å². The van der Waals surface area contributed by atoms with Crippen LogP contribution < -0.4 is 4.90 Å². The average molecular weight is 326 g/mol. The average Bonchev–Trinajstić information content (AvgIpc) is 3.14. The second-order valence-corrected chi connectivity index (χ2v) is 7.39. The highest BCUT2D eigenvalue weighted by atomic mass is 32.1. The van der Waals surface area contributed by atoms with Gasteiger partial charge in [0.2, 0.25) is 0 Å². The molecule has 0 radical (unpaired) electrons.